The number of carbonyl (C=O) groups excluding carboxylic acids is 2. The number of morpholine rings is 1. The number of amides is 2. The van der Waals surface area contributed by atoms with Gasteiger partial charge in [0.1, 0.15) is 5.03 Å². The molecule has 2 aliphatic heterocycles. The molecule has 118 valence electrons. The molecule has 1 aromatic rings. The van der Waals surface area contributed by atoms with Gasteiger partial charge in [-0.3, -0.25) is 9.59 Å². The van der Waals surface area contributed by atoms with Crippen molar-refractivity contribution in [3.05, 3.63) is 18.3 Å². The Balaban J connectivity index is 1.74. The van der Waals surface area contributed by atoms with Crippen LogP contribution < -0.4 is 4.90 Å². The van der Waals surface area contributed by atoms with Crippen molar-refractivity contribution >= 4 is 29.3 Å². The van der Waals surface area contributed by atoms with E-state index in [0.29, 0.717) is 32.8 Å². The van der Waals surface area contributed by atoms with Crippen molar-refractivity contribution in [1.29, 1.82) is 0 Å². The van der Waals surface area contributed by atoms with Crippen molar-refractivity contribution in [2.45, 2.75) is 23.6 Å². The van der Waals surface area contributed by atoms with E-state index < -0.39 is 5.25 Å². The van der Waals surface area contributed by atoms with E-state index in [4.69, 9.17) is 4.74 Å². The molecule has 0 saturated carbocycles. The van der Waals surface area contributed by atoms with Crippen molar-refractivity contribution in [1.82, 2.24) is 9.88 Å². The number of nitrogens with zero attached hydrogens (tertiary/aromatic N) is 3. The smallest absolute Gasteiger partial charge is 0.241 e. The molecule has 2 amide bonds. The molecule has 22 heavy (non-hydrogen) atoms. The molecule has 0 spiro atoms. The number of anilines is 1. The van der Waals surface area contributed by atoms with Crippen molar-refractivity contribution in [2.24, 2.45) is 0 Å². The number of rotatable bonds is 3. The van der Waals surface area contributed by atoms with Gasteiger partial charge in [-0.1, -0.05) is 11.8 Å². The van der Waals surface area contributed by atoms with E-state index in [1.54, 1.807) is 16.0 Å². The summed E-state index contributed by atoms with van der Waals surface area (Å²) in [5, 5.41) is 0.432. The highest BCUT2D eigenvalue weighted by Gasteiger charge is 2.35. The second kappa shape index (κ2) is 6.66. The number of carbonyl (C=O) groups is 2. The molecule has 0 bridgehead atoms. The minimum absolute atomic E-state index is 0.00499. The second-order valence-corrected chi connectivity index (χ2v) is 6.41. The highest BCUT2D eigenvalue weighted by molar-refractivity contribution is 8.00. The van der Waals surface area contributed by atoms with Crippen LogP contribution in [0.5, 0.6) is 0 Å². The molecule has 3 rings (SSSR count). The number of thioether (sulfide) groups is 1. The van der Waals surface area contributed by atoms with Crippen LogP contribution in [-0.4, -0.2) is 59.8 Å². The zero-order valence-electron chi connectivity index (χ0n) is 12.5. The number of pyridine rings is 1. The number of ether oxygens (including phenoxy) is 1. The minimum atomic E-state index is -0.391. The van der Waals surface area contributed by atoms with Crippen LogP contribution in [0.3, 0.4) is 0 Å². The Labute approximate surface area is 133 Å². The molecular formula is C15H19N3O3S. The van der Waals surface area contributed by atoms with E-state index in [9.17, 15) is 9.59 Å². The van der Waals surface area contributed by atoms with Crippen molar-refractivity contribution in [2.75, 3.05) is 37.7 Å². The molecule has 0 radical (unpaired) electrons. The van der Waals surface area contributed by atoms with Gasteiger partial charge in [0.15, 0.2) is 0 Å². The molecule has 0 N–H and O–H groups in total. The van der Waals surface area contributed by atoms with Crippen LogP contribution in [0.15, 0.2) is 23.4 Å². The van der Waals surface area contributed by atoms with Crippen LogP contribution in [0.2, 0.25) is 0 Å². The summed E-state index contributed by atoms with van der Waals surface area (Å²) in [6, 6.07) is 3.73. The summed E-state index contributed by atoms with van der Waals surface area (Å²) in [4.78, 5) is 32.8. The van der Waals surface area contributed by atoms with Crippen LogP contribution >= 0.6 is 11.8 Å². The summed E-state index contributed by atoms with van der Waals surface area (Å²) in [5.41, 5.74) is 0.843. The molecule has 3 heterocycles. The maximum Gasteiger partial charge on any atom is 0.241 e. The summed E-state index contributed by atoms with van der Waals surface area (Å²) in [5.74, 6) is 0.0131. The van der Waals surface area contributed by atoms with Crippen LogP contribution in [0.1, 0.15) is 13.3 Å². The van der Waals surface area contributed by atoms with Gasteiger partial charge in [0, 0.05) is 32.3 Å². The minimum Gasteiger partial charge on any atom is -0.378 e. The number of hydrogen-bond donors (Lipinski definition) is 0. The van der Waals surface area contributed by atoms with Crippen LogP contribution in [0.4, 0.5) is 5.69 Å². The molecule has 1 aromatic heterocycles. The fraction of sp³-hybridized carbons (Fsp3) is 0.533. The molecule has 0 aromatic carbocycles. The fourth-order valence-electron chi connectivity index (χ4n) is 2.71. The molecule has 1 atom stereocenters. The summed E-state index contributed by atoms with van der Waals surface area (Å²) in [7, 11) is 0. The second-order valence-electron chi connectivity index (χ2n) is 5.21. The fourth-order valence-corrected chi connectivity index (χ4v) is 3.86. The molecule has 2 aliphatic rings. The summed E-state index contributed by atoms with van der Waals surface area (Å²) in [6.45, 7) is 4.88. The largest absolute Gasteiger partial charge is 0.378 e. The highest BCUT2D eigenvalue weighted by Crippen LogP contribution is 2.38. The van der Waals surface area contributed by atoms with Gasteiger partial charge in [0.25, 0.3) is 0 Å². The van der Waals surface area contributed by atoms with Gasteiger partial charge in [0.05, 0.1) is 24.2 Å². The Morgan fingerprint density at radius 3 is 2.95 bits per heavy atom. The van der Waals surface area contributed by atoms with Crippen LogP contribution in [-0.2, 0) is 14.3 Å². The quantitative estimate of drug-likeness (QED) is 0.836. The van der Waals surface area contributed by atoms with Crippen LogP contribution in [0.25, 0.3) is 0 Å². The van der Waals surface area contributed by atoms with Gasteiger partial charge in [-0.15, -0.1) is 0 Å². The lowest BCUT2D eigenvalue weighted by atomic mass is 10.2. The summed E-state index contributed by atoms with van der Waals surface area (Å²) >= 11 is 1.40. The van der Waals surface area contributed by atoms with E-state index in [1.807, 2.05) is 19.1 Å². The topological polar surface area (TPSA) is 62.7 Å². The Kier molecular flexibility index (Phi) is 4.63. The normalized spacial score (nSPS) is 21.7. The summed E-state index contributed by atoms with van der Waals surface area (Å²) < 4.78 is 5.26. The average Bonchev–Trinajstić information content (AvgIpc) is 2.56. The molecule has 1 fully saturated rings. The van der Waals surface area contributed by atoms with Gasteiger partial charge < -0.3 is 14.5 Å². The molecule has 1 unspecified atom stereocenters. The lowest BCUT2D eigenvalue weighted by molar-refractivity contribution is -0.136. The molecule has 0 aliphatic carbocycles. The zero-order valence-corrected chi connectivity index (χ0v) is 13.3. The Hall–Kier alpha value is -1.60. The monoisotopic (exact) mass is 321 g/mol. The van der Waals surface area contributed by atoms with E-state index >= 15 is 0 Å². The lowest BCUT2D eigenvalue weighted by Gasteiger charge is -2.33. The first-order valence-corrected chi connectivity index (χ1v) is 8.37. The third kappa shape index (κ3) is 2.96. The first-order chi connectivity index (χ1) is 10.7. The lowest BCUT2D eigenvalue weighted by Crippen LogP contribution is -2.46. The Morgan fingerprint density at radius 1 is 1.45 bits per heavy atom. The first-order valence-electron chi connectivity index (χ1n) is 7.49. The number of aromatic nitrogens is 1. The van der Waals surface area contributed by atoms with Crippen molar-refractivity contribution < 1.29 is 14.3 Å². The molecule has 7 heteroatoms. The Morgan fingerprint density at radius 2 is 2.23 bits per heavy atom. The van der Waals surface area contributed by atoms with Gasteiger partial charge in [0.2, 0.25) is 11.8 Å². The maximum atomic E-state index is 12.6. The average molecular weight is 321 g/mol. The van der Waals surface area contributed by atoms with Gasteiger partial charge in [-0.2, -0.15) is 0 Å². The van der Waals surface area contributed by atoms with E-state index in [-0.39, 0.29) is 18.2 Å². The third-order valence-corrected chi connectivity index (χ3v) is 5.07. The van der Waals surface area contributed by atoms with Gasteiger partial charge >= 0.3 is 0 Å². The van der Waals surface area contributed by atoms with Crippen molar-refractivity contribution in [3.8, 4) is 0 Å². The van der Waals surface area contributed by atoms with Crippen LogP contribution in [0, 0.1) is 0 Å². The van der Waals surface area contributed by atoms with Crippen molar-refractivity contribution in [3.63, 3.8) is 0 Å². The van der Waals surface area contributed by atoms with E-state index in [0.717, 1.165) is 10.7 Å². The first kappa shape index (κ1) is 15.3. The predicted molar refractivity (Wildman–Crippen MR) is 83.9 cm³/mol. The Bertz CT molecular complexity index is 575. The highest BCUT2D eigenvalue weighted by atomic mass is 32.2. The summed E-state index contributed by atoms with van der Waals surface area (Å²) in [6.07, 6.45) is 1.94. The number of fused-ring (bicyclic) bond motifs is 1. The van der Waals surface area contributed by atoms with Gasteiger partial charge in [-0.05, 0) is 19.1 Å². The SMILES string of the molecule is CCN1C(=O)C(CC(=O)N2CCOCC2)Sc2ncccc21. The van der Waals surface area contributed by atoms with E-state index in [2.05, 4.69) is 4.98 Å². The standard InChI is InChI=1S/C15H19N3O3S/c1-2-18-11-4-3-5-16-14(11)22-12(15(18)20)10-13(19)17-6-8-21-9-7-17/h3-5,12H,2,6-10H2,1H3. The maximum absolute atomic E-state index is 12.6. The third-order valence-electron chi connectivity index (χ3n) is 3.88. The number of hydrogen-bond acceptors (Lipinski definition) is 5. The molecule has 6 nitrogen and oxygen atoms in total. The predicted octanol–water partition coefficient (Wildman–Crippen LogP) is 1.16. The molecular weight excluding hydrogens is 302 g/mol. The van der Waals surface area contributed by atoms with E-state index in [1.165, 1.54) is 11.8 Å². The zero-order chi connectivity index (χ0) is 15.5. The van der Waals surface area contributed by atoms with Gasteiger partial charge in [-0.25, -0.2) is 4.98 Å². The molecule has 1 saturated heterocycles.